The van der Waals surface area contributed by atoms with Crippen molar-refractivity contribution in [2.45, 2.75) is 79.2 Å². The zero-order chi connectivity index (χ0) is 24.6. The smallest absolute Gasteiger partial charge is 0.226 e. The molecule has 2 amide bonds. The minimum absolute atomic E-state index is 0.0155. The predicted molar refractivity (Wildman–Crippen MR) is 138 cm³/mol. The Labute approximate surface area is 205 Å². The van der Waals surface area contributed by atoms with E-state index in [9.17, 15) is 9.59 Å². The van der Waals surface area contributed by atoms with Gasteiger partial charge in [0.2, 0.25) is 11.8 Å². The number of carbonyl (C=O) groups excluding carboxylic acids is 2. The van der Waals surface area contributed by atoms with Crippen LogP contribution in [0.2, 0.25) is 0 Å². The van der Waals surface area contributed by atoms with Crippen LogP contribution in [0.25, 0.3) is 10.9 Å². The van der Waals surface area contributed by atoms with Gasteiger partial charge in [-0.1, -0.05) is 52.8 Å². The lowest BCUT2D eigenvalue weighted by Crippen LogP contribution is -2.46. The molecule has 1 unspecified atom stereocenters. The summed E-state index contributed by atoms with van der Waals surface area (Å²) in [5.41, 5.74) is 3.83. The predicted octanol–water partition coefficient (Wildman–Crippen LogP) is 5.95. The number of H-pyrrole nitrogens is 1. The monoisotopic (exact) mass is 465 g/mol. The van der Waals surface area contributed by atoms with Crippen molar-refractivity contribution in [3.05, 3.63) is 35.5 Å². The van der Waals surface area contributed by atoms with Crippen LogP contribution < -0.4 is 0 Å². The Balaban J connectivity index is 1.39. The second-order valence-corrected chi connectivity index (χ2v) is 12.3. The highest BCUT2D eigenvalue weighted by molar-refractivity contribution is 5.86. The van der Waals surface area contributed by atoms with Gasteiger partial charge >= 0.3 is 0 Å². The number of rotatable bonds is 5. The van der Waals surface area contributed by atoms with Crippen molar-refractivity contribution < 1.29 is 9.59 Å². The molecule has 1 aromatic carbocycles. The normalized spacial score (nSPS) is 23.3. The average molecular weight is 466 g/mol. The molecule has 4 rings (SSSR count). The summed E-state index contributed by atoms with van der Waals surface area (Å²) in [4.78, 5) is 34.0. The molecule has 1 saturated carbocycles. The molecule has 0 radical (unpaired) electrons. The number of aromatic nitrogens is 1. The summed E-state index contributed by atoms with van der Waals surface area (Å²) in [5.74, 6) is 1.53. The van der Waals surface area contributed by atoms with Gasteiger partial charge in [0.25, 0.3) is 0 Å². The largest absolute Gasteiger partial charge is 0.356 e. The van der Waals surface area contributed by atoms with Crippen molar-refractivity contribution in [3.63, 3.8) is 0 Å². The van der Waals surface area contributed by atoms with E-state index in [1.165, 1.54) is 22.2 Å². The maximum absolute atomic E-state index is 13.7. The van der Waals surface area contributed by atoms with Gasteiger partial charge in [-0.25, -0.2) is 0 Å². The van der Waals surface area contributed by atoms with Crippen LogP contribution in [0.5, 0.6) is 0 Å². The van der Waals surface area contributed by atoms with E-state index in [0.717, 1.165) is 45.2 Å². The molecule has 5 nitrogen and oxygen atoms in total. The van der Waals surface area contributed by atoms with Gasteiger partial charge in [0.15, 0.2) is 0 Å². The Kier molecular flexibility index (Phi) is 7.12. The summed E-state index contributed by atoms with van der Waals surface area (Å²) < 4.78 is 0. The first-order chi connectivity index (χ1) is 16.0. The van der Waals surface area contributed by atoms with Gasteiger partial charge in [0, 0.05) is 49.1 Å². The fraction of sp³-hybridized carbons (Fsp3) is 0.655. The molecule has 1 atom stereocenters. The number of fused-ring (bicyclic) bond motifs is 3. The molecule has 2 aliphatic rings. The van der Waals surface area contributed by atoms with Crippen molar-refractivity contribution in [1.82, 2.24) is 14.8 Å². The Bertz CT molecular complexity index is 1020. The third-order valence-electron chi connectivity index (χ3n) is 7.83. The first-order valence-electron chi connectivity index (χ1n) is 13.2. The van der Waals surface area contributed by atoms with Crippen LogP contribution in [0.15, 0.2) is 24.3 Å². The molecular formula is C29H43N3O2. The zero-order valence-corrected chi connectivity index (χ0v) is 22.0. The van der Waals surface area contributed by atoms with Gasteiger partial charge in [-0.15, -0.1) is 0 Å². The van der Waals surface area contributed by atoms with E-state index in [1.54, 1.807) is 0 Å². The van der Waals surface area contributed by atoms with Crippen LogP contribution >= 0.6 is 0 Å². The number of hydrogen-bond donors (Lipinski definition) is 1. The molecular weight excluding hydrogens is 422 g/mol. The van der Waals surface area contributed by atoms with E-state index in [2.05, 4.69) is 68.8 Å². The maximum atomic E-state index is 13.7. The van der Waals surface area contributed by atoms with Crippen LogP contribution in [0.3, 0.4) is 0 Å². The van der Waals surface area contributed by atoms with Crippen LogP contribution in [-0.4, -0.2) is 46.7 Å². The first kappa shape index (κ1) is 24.8. The van der Waals surface area contributed by atoms with Crippen LogP contribution in [-0.2, 0) is 16.0 Å². The summed E-state index contributed by atoms with van der Waals surface area (Å²) >= 11 is 0. The SMILES string of the molecule is CC(C)C1c2[nH]c3ccccc3c2CCN1C(=O)C1CCC(CN(C)C(=O)CC(C)(C)C)CC1. The highest BCUT2D eigenvalue weighted by Crippen LogP contribution is 2.40. The number of aromatic amines is 1. The summed E-state index contributed by atoms with van der Waals surface area (Å²) in [5, 5.41) is 1.31. The molecule has 1 fully saturated rings. The van der Waals surface area contributed by atoms with Crippen molar-refractivity contribution in [2.75, 3.05) is 20.1 Å². The summed E-state index contributed by atoms with van der Waals surface area (Å²) in [7, 11) is 1.93. The third-order valence-corrected chi connectivity index (χ3v) is 7.83. The number of carbonyl (C=O) groups is 2. The second kappa shape index (κ2) is 9.75. The maximum Gasteiger partial charge on any atom is 0.226 e. The van der Waals surface area contributed by atoms with Gasteiger partial charge in [-0.05, 0) is 61.0 Å². The van der Waals surface area contributed by atoms with Gasteiger partial charge in [0.1, 0.15) is 0 Å². The molecule has 1 N–H and O–H groups in total. The lowest BCUT2D eigenvalue weighted by Gasteiger charge is -2.41. The molecule has 0 spiro atoms. The van der Waals surface area contributed by atoms with E-state index in [0.29, 0.717) is 24.2 Å². The number of benzene rings is 1. The highest BCUT2D eigenvalue weighted by Gasteiger charge is 2.39. The summed E-state index contributed by atoms with van der Waals surface area (Å²) in [6.45, 7) is 12.4. The van der Waals surface area contributed by atoms with Crippen molar-refractivity contribution in [2.24, 2.45) is 23.2 Å². The van der Waals surface area contributed by atoms with Crippen LogP contribution in [0.1, 0.15) is 84.0 Å². The quantitative estimate of drug-likeness (QED) is 0.593. The third kappa shape index (κ3) is 5.18. The number of nitrogens with one attached hydrogen (secondary N) is 1. The Morgan fingerprint density at radius 3 is 2.44 bits per heavy atom. The zero-order valence-electron chi connectivity index (χ0n) is 22.0. The molecule has 1 aliphatic heterocycles. The fourth-order valence-electron chi connectivity index (χ4n) is 6.11. The van der Waals surface area contributed by atoms with E-state index in [4.69, 9.17) is 0 Å². The minimum Gasteiger partial charge on any atom is -0.356 e. The van der Waals surface area contributed by atoms with Crippen LogP contribution in [0.4, 0.5) is 0 Å². The lowest BCUT2D eigenvalue weighted by molar-refractivity contribution is -0.141. The van der Waals surface area contributed by atoms with Gasteiger partial charge in [-0.3, -0.25) is 9.59 Å². The Morgan fingerprint density at radius 2 is 1.79 bits per heavy atom. The van der Waals surface area contributed by atoms with Crippen molar-refractivity contribution in [1.29, 1.82) is 0 Å². The number of hydrogen-bond acceptors (Lipinski definition) is 2. The molecule has 34 heavy (non-hydrogen) atoms. The van der Waals surface area contributed by atoms with E-state index in [1.807, 2.05) is 11.9 Å². The highest BCUT2D eigenvalue weighted by atomic mass is 16.2. The van der Waals surface area contributed by atoms with Gasteiger partial charge < -0.3 is 14.8 Å². The van der Waals surface area contributed by atoms with E-state index >= 15 is 0 Å². The minimum atomic E-state index is 0.0155. The number of amides is 2. The average Bonchev–Trinajstić information content (AvgIpc) is 3.15. The molecule has 1 aromatic heterocycles. The molecule has 2 aromatic rings. The standard InChI is InChI=1S/C29H43N3O2/c1-19(2)27-26-23(22-9-7-8-10-24(22)30-26)15-16-32(27)28(34)21-13-11-20(12-14-21)18-31(6)25(33)17-29(3,4)5/h7-10,19-21,27,30H,11-18H2,1-6H3. The molecule has 186 valence electrons. The second-order valence-electron chi connectivity index (χ2n) is 12.3. The number of para-hydroxylation sites is 1. The molecule has 0 bridgehead atoms. The van der Waals surface area contributed by atoms with Gasteiger partial charge in [0.05, 0.1) is 6.04 Å². The topological polar surface area (TPSA) is 56.4 Å². The summed E-state index contributed by atoms with van der Waals surface area (Å²) in [6, 6.07) is 8.63. The first-order valence-corrected chi connectivity index (χ1v) is 13.2. The lowest BCUT2D eigenvalue weighted by atomic mass is 9.80. The van der Waals surface area contributed by atoms with Crippen LogP contribution in [0, 0.1) is 23.2 Å². The summed E-state index contributed by atoms with van der Waals surface area (Å²) in [6.07, 6.45) is 5.43. The van der Waals surface area contributed by atoms with E-state index in [-0.39, 0.29) is 23.3 Å². The number of nitrogens with zero attached hydrogens (tertiary/aromatic N) is 2. The Hall–Kier alpha value is -2.30. The molecule has 1 aliphatic carbocycles. The van der Waals surface area contributed by atoms with Crippen molar-refractivity contribution in [3.8, 4) is 0 Å². The molecule has 2 heterocycles. The fourth-order valence-corrected chi connectivity index (χ4v) is 6.11. The van der Waals surface area contributed by atoms with E-state index < -0.39 is 0 Å². The Morgan fingerprint density at radius 1 is 1.12 bits per heavy atom. The van der Waals surface area contributed by atoms with Crippen molar-refractivity contribution >= 4 is 22.7 Å². The van der Waals surface area contributed by atoms with Gasteiger partial charge in [-0.2, -0.15) is 0 Å². The molecule has 0 saturated heterocycles. The molecule has 5 heteroatoms.